The number of nitrogens with zero attached hydrogens (tertiary/aromatic N) is 3. The summed E-state index contributed by atoms with van der Waals surface area (Å²) in [5.74, 6) is -0.126. The van der Waals surface area contributed by atoms with Crippen LogP contribution in [0.5, 0.6) is 0 Å². The highest BCUT2D eigenvalue weighted by molar-refractivity contribution is 5.95. The van der Waals surface area contributed by atoms with E-state index in [2.05, 4.69) is 25.6 Å². The van der Waals surface area contributed by atoms with Gasteiger partial charge in [0.1, 0.15) is 12.0 Å². The minimum absolute atomic E-state index is 0.0699. The summed E-state index contributed by atoms with van der Waals surface area (Å²) < 4.78 is 28.1. The molecule has 2 aliphatic rings. The van der Waals surface area contributed by atoms with E-state index >= 15 is 0 Å². The molecule has 2 saturated carbocycles. The molecular weight excluding hydrogens is 424 g/mol. The van der Waals surface area contributed by atoms with E-state index in [9.17, 15) is 13.6 Å². The van der Waals surface area contributed by atoms with Gasteiger partial charge < -0.3 is 10.6 Å². The molecule has 0 radical (unpaired) electrons. The molecule has 1 aromatic carbocycles. The van der Waals surface area contributed by atoms with Gasteiger partial charge in [-0.25, -0.2) is 18.7 Å². The van der Waals surface area contributed by atoms with E-state index in [0.717, 1.165) is 30.4 Å². The number of amides is 1. The molecule has 33 heavy (non-hydrogen) atoms. The number of carbonyl (C=O) groups excluding carboxylic acids is 1. The van der Waals surface area contributed by atoms with Gasteiger partial charge in [0.2, 0.25) is 5.95 Å². The fourth-order valence-electron chi connectivity index (χ4n) is 4.46. The third-order valence-electron chi connectivity index (χ3n) is 6.62. The summed E-state index contributed by atoms with van der Waals surface area (Å²) in [6.07, 6.45) is 7.55. The van der Waals surface area contributed by atoms with Gasteiger partial charge in [0.25, 0.3) is 5.91 Å². The van der Waals surface area contributed by atoms with Crippen LogP contribution in [0.15, 0.2) is 55.0 Å². The number of rotatable bonds is 7. The van der Waals surface area contributed by atoms with E-state index in [1.807, 2.05) is 18.2 Å². The lowest BCUT2D eigenvalue weighted by Crippen LogP contribution is -2.49. The molecule has 6 nitrogen and oxygen atoms in total. The minimum atomic E-state index is -0.967. The third-order valence-corrected chi connectivity index (χ3v) is 6.62. The molecule has 0 bridgehead atoms. The van der Waals surface area contributed by atoms with Crippen molar-refractivity contribution in [1.29, 1.82) is 0 Å². The Balaban J connectivity index is 1.27. The molecule has 0 saturated heterocycles. The highest BCUT2D eigenvalue weighted by Gasteiger charge is 2.48. The molecule has 3 aromatic rings. The predicted molar refractivity (Wildman–Crippen MR) is 121 cm³/mol. The van der Waals surface area contributed by atoms with Crippen LogP contribution in [-0.2, 0) is 5.41 Å². The number of pyridine rings is 1. The number of alkyl halides is 1. The molecule has 0 unspecified atom stereocenters. The molecule has 170 valence electrons. The van der Waals surface area contributed by atoms with Gasteiger partial charge in [-0.15, -0.1) is 0 Å². The summed E-state index contributed by atoms with van der Waals surface area (Å²) in [5, 5.41) is 6.16. The van der Waals surface area contributed by atoms with E-state index in [0.29, 0.717) is 11.5 Å². The second-order valence-electron chi connectivity index (χ2n) is 8.95. The second kappa shape index (κ2) is 8.84. The zero-order chi connectivity index (χ0) is 22.8. The Morgan fingerprint density at radius 1 is 1.06 bits per heavy atom. The first-order valence-corrected chi connectivity index (χ1v) is 11.2. The summed E-state index contributed by atoms with van der Waals surface area (Å²) in [4.78, 5) is 25.4. The van der Waals surface area contributed by atoms with Gasteiger partial charge in [-0.05, 0) is 61.9 Å². The Labute approximate surface area is 190 Å². The largest absolute Gasteiger partial charge is 0.353 e. The lowest BCUT2D eigenvalue weighted by molar-refractivity contribution is 0.0916. The molecule has 0 aliphatic heterocycles. The number of hydrogen-bond acceptors (Lipinski definition) is 5. The molecule has 0 atom stereocenters. The van der Waals surface area contributed by atoms with E-state index in [1.165, 1.54) is 18.3 Å². The number of carbonyl (C=O) groups is 1. The number of anilines is 1. The van der Waals surface area contributed by atoms with Crippen molar-refractivity contribution in [1.82, 2.24) is 20.3 Å². The molecular formula is C25H25F2N5O. The number of hydrogen-bond donors (Lipinski definition) is 2. The van der Waals surface area contributed by atoms with Crippen molar-refractivity contribution in [3.63, 3.8) is 0 Å². The van der Waals surface area contributed by atoms with Crippen LogP contribution in [0.3, 0.4) is 0 Å². The van der Waals surface area contributed by atoms with Crippen LogP contribution < -0.4 is 10.6 Å². The van der Waals surface area contributed by atoms with Crippen molar-refractivity contribution < 1.29 is 13.6 Å². The van der Waals surface area contributed by atoms with Crippen molar-refractivity contribution in [3.05, 3.63) is 72.1 Å². The average Bonchev–Trinajstić information content (AvgIpc) is 2.79. The average molecular weight is 450 g/mol. The Morgan fingerprint density at radius 3 is 2.52 bits per heavy atom. The molecule has 0 spiro atoms. The minimum Gasteiger partial charge on any atom is -0.353 e. The SMILES string of the molecule is O=C(NC1CCC1)c1cccc(-c2cnc(NCC3(c4ncccc4F)CC(F)C3)nc2)c1. The Hall–Kier alpha value is -3.42. The van der Waals surface area contributed by atoms with Crippen LogP contribution in [0.4, 0.5) is 14.7 Å². The predicted octanol–water partition coefficient (Wildman–Crippen LogP) is 4.44. The maximum absolute atomic E-state index is 14.3. The number of nitrogens with one attached hydrogen (secondary N) is 2. The summed E-state index contributed by atoms with van der Waals surface area (Å²) in [7, 11) is 0. The summed E-state index contributed by atoms with van der Waals surface area (Å²) >= 11 is 0. The summed E-state index contributed by atoms with van der Waals surface area (Å²) in [6.45, 7) is 0.289. The van der Waals surface area contributed by atoms with Gasteiger partial charge in [0.05, 0.1) is 5.69 Å². The normalized spacial score (nSPS) is 22.2. The maximum Gasteiger partial charge on any atom is 0.251 e. The second-order valence-corrected chi connectivity index (χ2v) is 8.95. The maximum atomic E-state index is 14.3. The number of benzene rings is 1. The molecule has 2 N–H and O–H groups in total. The van der Waals surface area contributed by atoms with Crippen LogP contribution in [-0.4, -0.2) is 39.6 Å². The topological polar surface area (TPSA) is 79.8 Å². The van der Waals surface area contributed by atoms with Crippen LogP contribution in [0.2, 0.25) is 0 Å². The fraction of sp³-hybridized carbons (Fsp3) is 0.360. The molecule has 2 fully saturated rings. The molecule has 5 rings (SSSR count). The van der Waals surface area contributed by atoms with Crippen molar-refractivity contribution in [2.24, 2.45) is 0 Å². The van der Waals surface area contributed by atoms with Crippen LogP contribution >= 0.6 is 0 Å². The fourth-order valence-corrected chi connectivity index (χ4v) is 4.46. The van der Waals surface area contributed by atoms with Crippen molar-refractivity contribution in [2.45, 2.75) is 49.7 Å². The first-order valence-electron chi connectivity index (χ1n) is 11.2. The summed E-state index contributed by atoms with van der Waals surface area (Å²) in [6, 6.07) is 10.5. The van der Waals surface area contributed by atoms with Crippen LogP contribution in [0.1, 0.15) is 48.2 Å². The highest BCUT2D eigenvalue weighted by Crippen LogP contribution is 2.45. The van der Waals surface area contributed by atoms with E-state index in [4.69, 9.17) is 0 Å². The van der Waals surface area contributed by atoms with E-state index in [1.54, 1.807) is 18.5 Å². The van der Waals surface area contributed by atoms with Crippen LogP contribution in [0.25, 0.3) is 11.1 Å². The first kappa shape index (κ1) is 21.4. The molecule has 2 aromatic heterocycles. The lowest BCUT2D eigenvalue weighted by atomic mass is 9.65. The number of aromatic nitrogens is 3. The lowest BCUT2D eigenvalue weighted by Gasteiger charge is -2.43. The van der Waals surface area contributed by atoms with Crippen molar-refractivity contribution >= 4 is 11.9 Å². The molecule has 2 aliphatic carbocycles. The van der Waals surface area contributed by atoms with Gasteiger partial charge in [-0.3, -0.25) is 9.78 Å². The standard InChI is InChI=1S/C25H25F2N5O/c26-19-11-25(12-19,22-21(27)8-3-9-28-22)15-31-24-29-13-18(14-30-24)16-4-1-5-17(10-16)23(33)32-20-6-2-7-20/h1,3-5,8-10,13-14,19-20H,2,6-7,11-12,15H2,(H,32,33)(H,29,30,31). The molecule has 8 heteroatoms. The van der Waals surface area contributed by atoms with Gasteiger partial charge >= 0.3 is 0 Å². The first-order chi connectivity index (χ1) is 16.0. The summed E-state index contributed by atoms with van der Waals surface area (Å²) in [5.41, 5.74) is 1.78. The monoisotopic (exact) mass is 449 g/mol. The third kappa shape index (κ3) is 4.42. The zero-order valence-electron chi connectivity index (χ0n) is 18.1. The Kier molecular flexibility index (Phi) is 5.74. The highest BCUT2D eigenvalue weighted by atomic mass is 19.1. The smallest absolute Gasteiger partial charge is 0.251 e. The van der Waals surface area contributed by atoms with Gasteiger partial charge in [0, 0.05) is 47.7 Å². The van der Waals surface area contributed by atoms with Crippen LogP contribution in [0, 0.1) is 5.82 Å². The van der Waals surface area contributed by atoms with Crippen molar-refractivity contribution in [3.8, 4) is 11.1 Å². The number of halogens is 2. The Bertz CT molecular complexity index is 1140. The van der Waals surface area contributed by atoms with Crippen molar-refractivity contribution in [2.75, 3.05) is 11.9 Å². The van der Waals surface area contributed by atoms with E-state index < -0.39 is 17.4 Å². The molecule has 2 heterocycles. The van der Waals surface area contributed by atoms with Gasteiger partial charge in [-0.2, -0.15) is 0 Å². The Morgan fingerprint density at radius 2 is 1.85 bits per heavy atom. The zero-order valence-corrected chi connectivity index (χ0v) is 18.1. The van der Waals surface area contributed by atoms with Gasteiger partial charge in [-0.1, -0.05) is 12.1 Å². The molecule has 1 amide bonds. The van der Waals surface area contributed by atoms with Gasteiger partial charge in [0.15, 0.2) is 0 Å². The van der Waals surface area contributed by atoms with E-state index in [-0.39, 0.29) is 37.0 Å². The quantitative estimate of drug-likeness (QED) is 0.557.